The van der Waals surface area contributed by atoms with Crippen LogP contribution in [0.15, 0.2) is 47.6 Å². The number of halogens is 5. The van der Waals surface area contributed by atoms with E-state index in [1.54, 1.807) is 27.7 Å². The second-order valence-corrected chi connectivity index (χ2v) is 8.60. The van der Waals surface area contributed by atoms with E-state index in [1.807, 2.05) is 0 Å². The molecule has 0 amide bonds. The summed E-state index contributed by atoms with van der Waals surface area (Å²) in [7, 11) is 0. The molecule has 0 radical (unpaired) electrons. The van der Waals surface area contributed by atoms with E-state index in [-0.39, 0.29) is 32.4 Å². The zero-order valence-corrected chi connectivity index (χ0v) is 18.7. The monoisotopic (exact) mass is 473 g/mol. The molecule has 0 aliphatic carbocycles. The number of oxime groups is 1. The Morgan fingerprint density at radius 1 is 1.03 bits per heavy atom. The van der Waals surface area contributed by atoms with Crippen LogP contribution in [0.25, 0.3) is 5.57 Å². The zero-order valence-electron chi connectivity index (χ0n) is 17.1. The van der Waals surface area contributed by atoms with Gasteiger partial charge in [0.25, 0.3) is 0 Å². The third kappa shape index (κ3) is 6.74. The number of esters is 1. The van der Waals surface area contributed by atoms with Crippen molar-refractivity contribution < 1.29 is 27.9 Å². The third-order valence-corrected chi connectivity index (χ3v) is 4.45. The van der Waals surface area contributed by atoms with Crippen molar-refractivity contribution >= 4 is 40.5 Å². The molecule has 1 N–H and O–H groups in total. The van der Waals surface area contributed by atoms with E-state index in [0.717, 1.165) is 12.1 Å². The number of hydrogen-bond acceptors (Lipinski definition) is 4. The maximum atomic E-state index is 13.7. The van der Waals surface area contributed by atoms with E-state index >= 15 is 0 Å². The lowest BCUT2D eigenvalue weighted by Crippen LogP contribution is -2.24. The van der Waals surface area contributed by atoms with Gasteiger partial charge in [-0.25, -0.2) is 4.79 Å². The Balaban J connectivity index is 2.51. The van der Waals surface area contributed by atoms with Crippen LogP contribution in [0.5, 0.6) is 0 Å². The Hall–Kier alpha value is -2.51. The van der Waals surface area contributed by atoms with Gasteiger partial charge in [-0.15, -0.1) is 0 Å². The summed E-state index contributed by atoms with van der Waals surface area (Å²) < 4.78 is 46.5. The van der Waals surface area contributed by atoms with Gasteiger partial charge in [-0.2, -0.15) is 13.2 Å². The Labute approximate surface area is 187 Å². The van der Waals surface area contributed by atoms with Gasteiger partial charge in [0.2, 0.25) is 0 Å². The number of nitrogens with zero attached hydrogens (tertiary/aromatic N) is 1. The fourth-order valence-corrected chi connectivity index (χ4v) is 3.26. The molecular formula is C22H20Cl2F3NO3. The summed E-state index contributed by atoms with van der Waals surface area (Å²) in [5.74, 6) is -0.570. The molecule has 0 bridgehead atoms. The van der Waals surface area contributed by atoms with E-state index in [9.17, 15) is 23.2 Å². The molecule has 9 heteroatoms. The molecule has 2 aromatic carbocycles. The van der Waals surface area contributed by atoms with Crippen LogP contribution in [0.3, 0.4) is 0 Å². The second-order valence-electron chi connectivity index (χ2n) is 7.73. The second kappa shape index (κ2) is 9.32. The summed E-state index contributed by atoms with van der Waals surface area (Å²) in [6, 6.07) is 7.74. The number of benzene rings is 2. The largest absolute Gasteiger partial charge is 0.456 e. The van der Waals surface area contributed by atoms with Crippen LogP contribution >= 0.6 is 23.2 Å². The summed E-state index contributed by atoms with van der Waals surface area (Å²) in [6.45, 7) is 6.76. The summed E-state index contributed by atoms with van der Waals surface area (Å²) in [5.41, 5.74) is -1.59. The molecule has 0 heterocycles. The van der Waals surface area contributed by atoms with Gasteiger partial charge in [0.1, 0.15) is 11.3 Å². The lowest BCUT2D eigenvalue weighted by Gasteiger charge is -2.20. The maximum Gasteiger partial charge on any atom is 0.417 e. The molecule has 166 valence electrons. The van der Waals surface area contributed by atoms with Crippen molar-refractivity contribution in [1.82, 2.24) is 0 Å². The Morgan fingerprint density at radius 3 is 2.06 bits per heavy atom. The smallest absolute Gasteiger partial charge is 0.417 e. The number of aryl methyl sites for hydroxylation is 1. The first-order valence-corrected chi connectivity index (χ1v) is 9.78. The summed E-state index contributed by atoms with van der Waals surface area (Å²) in [6.07, 6.45) is -4.10. The molecule has 0 atom stereocenters. The van der Waals surface area contributed by atoms with Crippen LogP contribution in [0.2, 0.25) is 10.0 Å². The van der Waals surface area contributed by atoms with Gasteiger partial charge in [0.05, 0.1) is 11.1 Å². The molecular weight excluding hydrogens is 454 g/mol. The lowest BCUT2D eigenvalue weighted by molar-refractivity contribution is -0.0688. The van der Waals surface area contributed by atoms with Gasteiger partial charge in [0, 0.05) is 15.6 Å². The van der Waals surface area contributed by atoms with Gasteiger partial charge < -0.3 is 9.94 Å². The number of rotatable bonds is 4. The molecule has 2 aromatic rings. The highest BCUT2D eigenvalue weighted by atomic mass is 35.5. The Morgan fingerprint density at radius 2 is 1.61 bits per heavy atom. The number of alkyl halides is 3. The number of carbonyl (C=O) groups excluding carboxylic acids is 1. The molecule has 31 heavy (non-hydrogen) atoms. The normalized spacial score (nSPS) is 13.3. The predicted molar refractivity (Wildman–Crippen MR) is 115 cm³/mol. The highest BCUT2D eigenvalue weighted by Gasteiger charge is 2.35. The van der Waals surface area contributed by atoms with Crippen LogP contribution < -0.4 is 0 Å². The van der Waals surface area contributed by atoms with Gasteiger partial charge in [0.15, 0.2) is 0 Å². The first kappa shape index (κ1) is 24.8. The predicted octanol–water partition coefficient (Wildman–Crippen LogP) is 7.08. The number of ether oxygens (including phenoxy) is 1. The van der Waals surface area contributed by atoms with Crippen LogP contribution in [0, 0.1) is 6.92 Å². The minimum atomic E-state index is -4.78. The average molecular weight is 474 g/mol. The van der Waals surface area contributed by atoms with Crippen LogP contribution in [-0.4, -0.2) is 28.7 Å². The van der Waals surface area contributed by atoms with E-state index in [2.05, 4.69) is 5.16 Å². The van der Waals surface area contributed by atoms with E-state index in [1.165, 1.54) is 24.3 Å². The van der Waals surface area contributed by atoms with Gasteiger partial charge in [-0.3, -0.25) is 0 Å². The van der Waals surface area contributed by atoms with Gasteiger partial charge in [-0.05, 0) is 75.2 Å². The fraction of sp³-hybridized carbons (Fsp3) is 0.273. The zero-order chi connectivity index (χ0) is 23.6. The standard InChI is InChI=1S/C22H20Cl2F3NO3/c1-12-7-13(5-6-17(12)20(29)31-21(2,3)4)19(28-30)11-18(22(25,26)27)14-8-15(23)10-16(24)9-14/h5-11,30H,1-4H3/b18-11-,28-19-. The molecule has 0 aromatic heterocycles. The van der Waals surface area contributed by atoms with Crippen molar-refractivity contribution in [2.24, 2.45) is 5.16 Å². The summed E-state index contributed by atoms with van der Waals surface area (Å²) in [4.78, 5) is 12.3. The van der Waals surface area contributed by atoms with Crippen molar-refractivity contribution in [1.29, 1.82) is 0 Å². The van der Waals surface area contributed by atoms with Gasteiger partial charge in [-0.1, -0.05) is 34.4 Å². The van der Waals surface area contributed by atoms with E-state index in [4.69, 9.17) is 27.9 Å². The minimum Gasteiger partial charge on any atom is -0.456 e. The molecule has 0 aliphatic rings. The van der Waals surface area contributed by atoms with Crippen LogP contribution in [0.4, 0.5) is 13.2 Å². The quantitative estimate of drug-likeness (QED) is 0.223. The molecule has 0 aliphatic heterocycles. The molecule has 0 saturated heterocycles. The Kier molecular flexibility index (Phi) is 7.44. The molecule has 0 unspecified atom stereocenters. The molecule has 4 nitrogen and oxygen atoms in total. The van der Waals surface area contributed by atoms with Crippen molar-refractivity contribution in [3.8, 4) is 0 Å². The molecule has 2 rings (SSSR count). The molecule has 0 saturated carbocycles. The van der Waals surface area contributed by atoms with Crippen molar-refractivity contribution in [2.75, 3.05) is 0 Å². The topological polar surface area (TPSA) is 58.9 Å². The van der Waals surface area contributed by atoms with Crippen molar-refractivity contribution in [2.45, 2.75) is 39.5 Å². The van der Waals surface area contributed by atoms with Gasteiger partial charge >= 0.3 is 12.1 Å². The highest BCUT2D eigenvalue weighted by molar-refractivity contribution is 6.35. The molecule has 0 fully saturated rings. The molecule has 0 spiro atoms. The summed E-state index contributed by atoms with van der Waals surface area (Å²) in [5, 5.41) is 12.5. The van der Waals surface area contributed by atoms with Crippen molar-refractivity contribution in [3.63, 3.8) is 0 Å². The first-order valence-electron chi connectivity index (χ1n) is 9.03. The Bertz CT molecular complexity index is 1030. The van der Waals surface area contributed by atoms with Crippen molar-refractivity contribution in [3.05, 3.63) is 74.8 Å². The maximum absolute atomic E-state index is 13.7. The third-order valence-electron chi connectivity index (χ3n) is 4.01. The lowest BCUT2D eigenvalue weighted by atomic mass is 9.98. The summed E-state index contributed by atoms with van der Waals surface area (Å²) >= 11 is 11.7. The number of carbonyl (C=O) groups is 1. The SMILES string of the molecule is Cc1cc(C(/C=C(/c2cc(Cl)cc(Cl)c2)C(F)(F)F)=N\O)ccc1C(=O)OC(C)(C)C. The van der Waals surface area contributed by atoms with Crippen LogP contribution in [-0.2, 0) is 4.74 Å². The number of hydrogen-bond donors (Lipinski definition) is 1. The van der Waals surface area contributed by atoms with E-state index < -0.39 is 23.3 Å². The average Bonchev–Trinajstić information content (AvgIpc) is 2.58. The number of allylic oxidation sites excluding steroid dienone is 2. The van der Waals surface area contributed by atoms with E-state index in [0.29, 0.717) is 11.6 Å². The minimum absolute atomic E-state index is 0.0256. The fourth-order valence-electron chi connectivity index (χ4n) is 2.73. The first-order chi connectivity index (χ1) is 14.2. The van der Waals surface area contributed by atoms with Crippen LogP contribution in [0.1, 0.15) is 47.8 Å². The highest BCUT2D eigenvalue weighted by Crippen LogP contribution is 2.36.